The number of anilines is 2. The molecule has 1 unspecified atom stereocenters. The van der Waals surface area contributed by atoms with Gasteiger partial charge in [-0.1, -0.05) is 72.9 Å². The molecule has 0 saturated carbocycles. The summed E-state index contributed by atoms with van der Waals surface area (Å²) in [6.45, 7) is 2.94. The summed E-state index contributed by atoms with van der Waals surface area (Å²) in [5.41, 5.74) is 4.01. The smallest absolute Gasteiger partial charge is 0.234 e. The number of hydrogen-bond acceptors (Lipinski definition) is 4. The van der Waals surface area contributed by atoms with Crippen molar-refractivity contribution >= 4 is 44.2 Å². The molecule has 0 N–H and O–H groups in total. The molecule has 5 nitrogen and oxygen atoms in total. The molecule has 6 heteroatoms. The molecule has 33 heavy (non-hydrogen) atoms. The lowest BCUT2D eigenvalue weighted by Gasteiger charge is -2.23. The summed E-state index contributed by atoms with van der Waals surface area (Å²) in [5, 5.41) is 0.678. The molecule has 166 valence electrons. The number of hydrogen-bond donors (Lipinski definition) is 0. The Morgan fingerprint density at radius 3 is 2.48 bits per heavy atom. The highest BCUT2D eigenvalue weighted by Crippen LogP contribution is 2.33. The topological polar surface area (TPSA) is 53.5 Å². The van der Waals surface area contributed by atoms with E-state index in [0.29, 0.717) is 18.2 Å². The van der Waals surface area contributed by atoms with Crippen molar-refractivity contribution in [2.45, 2.75) is 26.3 Å². The van der Waals surface area contributed by atoms with Crippen molar-refractivity contribution < 1.29 is 9.59 Å². The number of nitrogens with zero attached hydrogens (tertiary/aromatic N) is 3. The number of benzene rings is 3. The molecule has 2 amide bonds. The average molecular weight is 456 g/mol. The predicted octanol–water partition coefficient (Wildman–Crippen LogP) is 5.45. The lowest BCUT2D eigenvalue weighted by Crippen LogP contribution is -2.37. The van der Waals surface area contributed by atoms with Crippen molar-refractivity contribution in [2.75, 3.05) is 16.3 Å². The Hall–Kier alpha value is -3.51. The molecule has 1 saturated heterocycles. The molecule has 1 atom stereocenters. The molecule has 1 fully saturated rings. The fraction of sp³-hybridized carbons (Fsp3) is 0.222. The van der Waals surface area contributed by atoms with Gasteiger partial charge in [-0.25, -0.2) is 4.98 Å². The molecule has 5 rings (SSSR count). The van der Waals surface area contributed by atoms with Gasteiger partial charge in [0.15, 0.2) is 5.13 Å². The van der Waals surface area contributed by atoms with E-state index < -0.39 is 5.92 Å². The largest absolute Gasteiger partial charge is 0.312 e. The van der Waals surface area contributed by atoms with Crippen molar-refractivity contribution in [3.8, 4) is 0 Å². The average Bonchev–Trinajstić information content (AvgIpc) is 3.46. The van der Waals surface area contributed by atoms with Crippen LogP contribution in [-0.4, -0.2) is 23.3 Å². The van der Waals surface area contributed by atoms with Gasteiger partial charge in [-0.15, -0.1) is 0 Å². The first-order chi connectivity index (χ1) is 16.1. The summed E-state index contributed by atoms with van der Waals surface area (Å²) in [4.78, 5) is 34.8. The first-order valence-corrected chi connectivity index (χ1v) is 12.0. The van der Waals surface area contributed by atoms with Gasteiger partial charge in [0.05, 0.1) is 22.7 Å². The molecule has 1 aliphatic rings. The Kier molecular flexibility index (Phi) is 5.92. The number of carbonyl (C=O) groups excluding carboxylic acids is 2. The third kappa shape index (κ3) is 4.39. The SMILES string of the molecule is CCc1ccc2nc(N(Cc3ccccc3)C(=O)C3CC(=O)N(c4ccccc4)C3)sc2c1. The van der Waals surface area contributed by atoms with Crippen LogP contribution in [0.15, 0.2) is 78.9 Å². The lowest BCUT2D eigenvalue weighted by atomic mass is 10.1. The van der Waals surface area contributed by atoms with Gasteiger partial charge in [0.25, 0.3) is 0 Å². The van der Waals surface area contributed by atoms with Gasteiger partial charge in [-0.05, 0) is 41.8 Å². The Balaban J connectivity index is 1.47. The first-order valence-electron chi connectivity index (χ1n) is 11.2. The highest BCUT2D eigenvalue weighted by atomic mass is 32.1. The second-order valence-corrected chi connectivity index (χ2v) is 9.31. The van der Waals surface area contributed by atoms with Gasteiger partial charge >= 0.3 is 0 Å². The minimum absolute atomic E-state index is 0.0175. The number of para-hydroxylation sites is 1. The van der Waals surface area contributed by atoms with Crippen LogP contribution in [0.3, 0.4) is 0 Å². The Bertz CT molecular complexity index is 1290. The highest BCUT2D eigenvalue weighted by molar-refractivity contribution is 7.22. The van der Waals surface area contributed by atoms with Crippen LogP contribution >= 0.6 is 11.3 Å². The number of rotatable bonds is 6. The number of carbonyl (C=O) groups is 2. The van der Waals surface area contributed by atoms with Gasteiger partial charge in [0.1, 0.15) is 0 Å². The fourth-order valence-electron chi connectivity index (χ4n) is 4.25. The van der Waals surface area contributed by atoms with Gasteiger partial charge < -0.3 is 4.90 Å². The van der Waals surface area contributed by atoms with Crippen LogP contribution in [0.25, 0.3) is 10.2 Å². The molecular formula is C27H25N3O2S. The molecule has 0 aliphatic carbocycles. The molecule has 4 aromatic rings. The zero-order valence-corrected chi connectivity index (χ0v) is 19.3. The van der Waals surface area contributed by atoms with Crippen molar-refractivity contribution in [3.05, 3.63) is 90.0 Å². The number of aromatic nitrogens is 1. The van der Waals surface area contributed by atoms with E-state index >= 15 is 0 Å². The minimum atomic E-state index is -0.403. The number of thiazole rings is 1. The van der Waals surface area contributed by atoms with Gasteiger partial charge in [0, 0.05) is 18.7 Å². The number of aryl methyl sites for hydroxylation is 1. The van der Waals surface area contributed by atoms with Crippen molar-refractivity contribution in [1.82, 2.24) is 4.98 Å². The molecule has 1 aliphatic heterocycles. The van der Waals surface area contributed by atoms with E-state index in [-0.39, 0.29) is 18.2 Å². The third-order valence-corrected chi connectivity index (χ3v) is 7.11. The zero-order valence-electron chi connectivity index (χ0n) is 18.5. The minimum Gasteiger partial charge on any atom is -0.312 e. The van der Waals surface area contributed by atoms with Crippen LogP contribution in [0, 0.1) is 5.92 Å². The van der Waals surface area contributed by atoms with Crippen molar-refractivity contribution in [1.29, 1.82) is 0 Å². The quantitative estimate of drug-likeness (QED) is 0.389. The zero-order chi connectivity index (χ0) is 22.8. The molecule has 0 bridgehead atoms. The van der Waals surface area contributed by atoms with Crippen LogP contribution < -0.4 is 9.80 Å². The van der Waals surface area contributed by atoms with E-state index in [0.717, 1.165) is 27.9 Å². The molecule has 3 aromatic carbocycles. The summed E-state index contributed by atoms with van der Waals surface area (Å²) < 4.78 is 1.07. The lowest BCUT2D eigenvalue weighted by molar-refractivity contribution is -0.124. The second kappa shape index (κ2) is 9.16. The summed E-state index contributed by atoms with van der Waals surface area (Å²) in [6.07, 6.45) is 1.17. The van der Waals surface area contributed by atoms with Gasteiger partial charge in [-0.3, -0.25) is 14.5 Å². The van der Waals surface area contributed by atoms with E-state index in [1.165, 1.54) is 16.9 Å². The molecular weight excluding hydrogens is 430 g/mol. The van der Waals surface area contributed by atoms with Crippen LogP contribution in [0.5, 0.6) is 0 Å². The maximum atomic E-state index is 13.8. The maximum absolute atomic E-state index is 13.8. The Labute approximate surface area is 197 Å². The Morgan fingerprint density at radius 1 is 1.03 bits per heavy atom. The normalized spacial score (nSPS) is 15.8. The molecule has 0 radical (unpaired) electrons. The molecule has 1 aromatic heterocycles. The summed E-state index contributed by atoms with van der Waals surface area (Å²) in [7, 11) is 0. The summed E-state index contributed by atoms with van der Waals surface area (Å²) >= 11 is 1.53. The summed E-state index contributed by atoms with van der Waals surface area (Å²) in [5.74, 6) is -0.476. The number of fused-ring (bicyclic) bond motifs is 1. The second-order valence-electron chi connectivity index (χ2n) is 8.30. The van der Waals surface area contributed by atoms with Gasteiger partial charge in [0.2, 0.25) is 11.8 Å². The number of amides is 2. The summed E-state index contributed by atoms with van der Waals surface area (Å²) in [6, 6.07) is 25.7. The van der Waals surface area contributed by atoms with Crippen LogP contribution in [0.2, 0.25) is 0 Å². The van der Waals surface area contributed by atoms with Crippen LogP contribution in [-0.2, 0) is 22.6 Å². The van der Waals surface area contributed by atoms with E-state index in [4.69, 9.17) is 4.98 Å². The van der Waals surface area contributed by atoms with Crippen molar-refractivity contribution in [2.24, 2.45) is 5.92 Å². The van der Waals surface area contributed by atoms with E-state index in [2.05, 4.69) is 19.1 Å². The maximum Gasteiger partial charge on any atom is 0.234 e. The predicted molar refractivity (Wildman–Crippen MR) is 134 cm³/mol. The molecule has 0 spiro atoms. The van der Waals surface area contributed by atoms with Crippen LogP contribution in [0.1, 0.15) is 24.5 Å². The Morgan fingerprint density at radius 2 is 1.76 bits per heavy atom. The van der Waals surface area contributed by atoms with Gasteiger partial charge in [-0.2, -0.15) is 0 Å². The molecule has 2 heterocycles. The first kappa shape index (κ1) is 21.3. The van der Waals surface area contributed by atoms with Crippen molar-refractivity contribution in [3.63, 3.8) is 0 Å². The van der Waals surface area contributed by atoms with E-state index in [1.54, 1.807) is 9.80 Å². The van der Waals surface area contributed by atoms with E-state index in [9.17, 15) is 9.59 Å². The highest BCUT2D eigenvalue weighted by Gasteiger charge is 2.38. The van der Waals surface area contributed by atoms with E-state index in [1.807, 2.05) is 66.7 Å². The fourth-order valence-corrected chi connectivity index (χ4v) is 5.28. The monoisotopic (exact) mass is 455 g/mol. The third-order valence-electron chi connectivity index (χ3n) is 6.07. The standard InChI is InChI=1S/C27H25N3O2S/c1-2-19-13-14-23-24(15-19)33-27(28-23)30(17-20-9-5-3-6-10-20)26(32)21-16-25(31)29(18-21)22-11-7-4-8-12-22/h3-15,21H,2,16-18H2,1H3. The van der Waals surface area contributed by atoms with Crippen LogP contribution in [0.4, 0.5) is 10.8 Å².